The maximum absolute atomic E-state index is 11.3. The lowest BCUT2D eigenvalue weighted by molar-refractivity contribution is 0.759. The summed E-state index contributed by atoms with van der Waals surface area (Å²) in [5.41, 5.74) is 5.44. The van der Waals surface area contributed by atoms with Crippen LogP contribution in [0.2, 0.25) is 0 Å². The number of hydrogen-bond acceptors (Lipinski definition) is 8. The molecule has 2 aromatic rings. The molecule has 0 atom stereocenters. The highest BCUT2D eigenvalue weighted by Crippen LogP contribution is 2.24. The smallest absolute Gasteiger partial charge is 0.343 e. The number of aromatic nitrogens is 6. The van der Waals surface area contributed by atoms with Crippen LogP contribution >= 0.6 is 11.8 Å². The molecule has 0 bridgehead atoms. The topological polar surface area (TPSA) is 119 Å². The van der Waals surface area contributed by atoms with Crippen molar-refractivity contribution in [1.29, 1.82) is 0 Å². The van der Waals surface area contributed by atoms with E-state index in [2.05, 4.69) is 30.0 Å². The van der Waals surface area contributed by atoms with Crippen molar-refractivity contribution in [3.8, 4) is 0 Å². The molecule has 1 fully saturated rings. The van der Waals surface area contributed by atoms with E-state index >= 15 is 0 Å². The Morgan fingerprint density at radius 1 is 1.25 bits per heavy atom. The van der Waals surface area contributed by atoms with Gasteiger partial charge in [0.25, 0.3) is 0 Å². The fourth-order valence-corrected chi connectivity index (χ4v) is 2.71. The van der Waals surface area contributed by atoms with Gasteiger partial charge < -0.3 is 10.6 Å². The lowest BCUT2D eigenvalue weighted by Crippen LogP contribution is -2.21. The summed E-state index contributed by atoms with van der Waals surface area (Å²) in [6, 6.07) is 0. The molecule has 1 aliphatic heterocycles. The summed E-state index contributed by atoms with van der Waals surface area (Å²) in [7, 11) is 1.63. The van der Waals surface area contributed by atoms with Gasteiger partial charge in [0.05, 0.1) is 0 Å². The molecule has 3 heterocycles. The van der Waals surface area contributed by atoms with E-state index in [0.717, 1.165) is 25.9 Å². The molecule has 20 heavy (non-hydrogen) atoms. The molecule has 1 aliphatic rings. The highest BCUT2D eigenvalue weighted by atomic mass is 32.2. The number of anilines is 2. The molecular weight excluding hydrogens is 280 g/mol. The first-order valence-corrected chi connectivity index (χ1v) is 7.01. The molecule has 0 saturated carbocycles. The van der Waals surface area contributed by atoms with Gasteiger partial charge in [-0.3, -0.25) is 4.57 Å². The zero-order valence-corrected chi connectivity index (χ0v) is 11.7. The van der Waals surface area contributed by atoms with Crippen molar-refractivity contribution < 1.29 is 0 Å². The van der Waals surface area contributed by atoms with Crippen LogP contribution in [0.4, 0.5) is 11.9 Å². The van der Waals surface area contributed by atoms with Crippen LogP contribution in [-0.2, 0) is 7.05 Å². The van der Waals surface area contributed by atoms with Crippen molar-refractivity contribution in [3.05, 3.63) is 10.5 Å². The summed E-state index contributed by atoms with van der Waals surface area (Å²) in [6.07, 6.45) is 2.25. The minimum Gasteiger partial charge on any atom is -0.368 e. The van der Waals surface area contributed by atoms with Gasteiger partial charge in [0.1, 0.15) is 0 Å². The molecule has 106 valence electrons. The number of nitrogens with two attached hydrogens (primary N) is 1. The summed E-state index contributed by atoms with van der Waals surface area (Å²) in [5.74, 6) is 0.753. The zero-order valence-electron chi connectivity index (χ0n) is 10.9. The predicted molar refractivity (Wildman–Crippen MR) is 73.6 cm³/mol. The Hall–Kier alpha value is -2.10. The molecule has 0 aromatic carbocycles. The van der Waals surface area contributed by atoms with Crippen LogP contribution in [0.5, 0.6) is 0 Å². The quantitative estimate of drug-likeness (QED) is 0.787. The van der Waals surface area contributed by atoms with Crippen LogP contribution in [0.3, 0.4) is 0 Å². The Morgan fingerprint density at radius 2 is 2.00 bits per heavy atom. The minimum absolute atomic E-state index is 0.171. The van der Waals surface area contributed by atoms with Gasteiger partial charge in [-0.2, -0.15) is 15.0 Å². The molecule has 2 aromatic heterocycles. The largest absolute Gasteiger partial charge is 0.368 e. The Morgan fingerprint density at radius 3 is 2.65 bits per heavy atom. The van der Waals surface area contributed by atoms with Crippen LogP contribution in [0.25, 0.3) is 0 Å². The molecular formula is C10H14N8OS. The van der Waals surface area contributed by atoms with Crippen LogP contribution in [0, 0.1) is 0 Å². The van der Waals surface area contributed by atoms with Crippen molar-refractivity contribution in [2.75, 3.05) is 23.7 Å². The molecule has 0 aliphatic carbocycles. The second kappa shape index (κ2) is 5.12. The summed E-state index contributed by atoms with van der Waals surface area (Å²) in [6.45, 7) is 1.85. The first-order chi connectivity index (χ1) is 9.63. The summed E-state index contributed by atoms with van der Waals surface area (Å²) < 4.78 is 1.39. The van der Waals surface area contributed by atoms with Gasteiger partial charge >= 0.3 is 5.69 Å². The molecule has 10 heteroatoms. The summed E-state index contributed by atoms with van der Waals surface area (Å²) in [5, 5.41) is 7.18. The lowest BCUT2D eigenvalue weighted by atomic mass is 10.4. The van der Waals surface area contributed by atoms with E-state index in [1.54, 1.807) is 7.05 Å². The second-order valence-corrected chi connectivity index (χ2v) is 5.38. The Kier molecular flexibility index (Phi) is 3.30. The summed E-state index contributed by atoms with van der Waals surface area (Å²) in [4.78, 5) is 26.0. The van der Waals surface area contributed by atoms with Crippen LogP contribution in [-0.4, -0.2) is 42.8 Å². The second-order valence-electron chi connectivity index (χ2n) is 4.44. The van der Waals surface area contributed by atoms with Crippen molar-refractivity contribution in [1.82, 2.24) is 29.7 Å². The number of H-pyrrole nitrogens is 1. The fraction of sp³-hybridized carbons (Fsp3) is 0.500. The maximum atomic E-state index is 11.3. The average Bonchev–Trinajstić information content (AvgIpc) is 3.04. The third-order valence-electron chi connectivity index (χ3n) is 3.03. The highest BCUT2D eigenvalue weighted by molar-refractivity contribution is 7.99. The normalized spacial score (nSPS) is 14.9. The van der Waals surface area contributed by atoms with Crippen LogP contribution < -0.4 is 16.3 Å². The first kappa shape index (κ1) is 12.9. The number of nitrogens with one attached hydrogen (secondary N) is 1. The van der Waals surface area contributed by atoms with Crippen LogP contribution in [0.15, 0.2) is 15.1 Å². The molecule has 0 unspecified atom stereocenters. The average molecular weight is 294 g/mol. The Bertz CT molecular complexity index is 674. The standard InChI is InChI=1S/C10H14N8OS/c1-17-9(19)15-16-10(17)20-8-13-6(11)12-7(14-8)18-4-2-3-5-18/h2-5H2,1H3,(H,15,19)(H2,11,12,13,14). The third kappa shape index (κ3) is 2.46. The van der Waals surface area contributed by atoms with Gasteiger partial charge in [-0.15, -0.1) is 5.10 Å². The zero-order chi connectivity index (χ0) is 14.1. The maximum Gasteiger partial charge on any atom is 0.343 e. The number of aromatic amines is 1. The van der Waals surface area contributed by atoms with Crippen molar-refractivity contribution >= 4 is 23.7 Å². The molecule has 1 saturated heterocycles. The van der Waals surface area contributed by atoms with Gasteiger partial charge in [-0.1, -0.05) is 0 Å². The van der Waals surface area contributed by atoms with Crippen LogP contribution in [0.1, 0.15) is 12.8 Å². The van der Waals surface area contributed by atoms with E-state index in [9.17, 15) is 4.79 Å². The van der Waals surface area contributed by atoms with Gasteiger partial charge in [0.2, 0.25) is 17.1 Å². The number of hydrogen-bond donors (Lipinski definition) is 2. The number of rotatable bonds is 3. The van der Waals surface area contributed by atoms with Gasteiger partial charge in [0.15, 0.2) is 5.16 Å². The Labute approximate surface area is 118 Å². The predicted octanol–water partition coefficient (Wildman–Crippen LogP) is -0.373. The van der Waals surface area contributed by atoms with E-state index in [0.29, 0.717) is 16.3 Å². The molecule has 3 N–H and O–H groups in total. The van der Waals surface area contributed by atoms with Gasteiger partial charge in [-0.25, -0.2) is 9.89 Å². The Balaban J connectivity index is 1.89. The fourth-order valence-electron chi connectivity index (χ4n) is 1.97. The van der Waals surface area contributed by atoms with E-state index in [1.165, 1.54) is 16.3 Å². The van der Waals surface area contributed by atoms with Gasteiger partial charge in [0, 0.05) is 20.1 Å². The molecule has 9 nitrogen and oxygen atoms in total. The van der Waals surface area contributed by atoms with E-state index in [-0.39, 0.29) is 11.6 Å². The monoisotopic (exact) mass is 294 g/mol. The number of nitrogen functional groups attached to an aromatic ring is 1. The number of nitrogens with zero attached hydrogens (tertiary/aromatic N) is 6. The minimum atomic E-state index is -0.283. The third-order valence-corrected chi connectivity index (χ3v) is 3.94. The van der Waals surface area contributed by atoms with Crippen molar-refractivity contribution in [2.24, 2.45) is 7.05 Å². The highest BCUT2D eigenvalue weighted by Gasteiger charge is 2.18. The van der Waals surface area contributed by atoms with Crippen molar-refractivity contribution in [2.45, 2.75) is 23.2 Å². The first-order valence-electron chi connectivity index (χ1n) is 6.19. The molecule has 0 amide bonds. The van der Waals surface area contributed by atoms with Crippen molar-refractivity contribution in [3.63, 3.8) is 0 Å². The molecule has 0 spiro atoms. The van der Waals surface area contributed by atoms with E-state index < -0.39 is 0 Å². The SMILES string of the molecule is Cn1c(Sc2nc(N)nc(N3CCCC3)n2)n[nH]c1=O. The molecule has 3 rings (SSSR count). The van der Waals surface area contributed by atoms with Gasteiger partial charge in [-0.05, 0) is 24.6 Å². The van der Waals surface area contributed by atoms with E-state index in [1.807, 2.05) is 0 Å². The summed E-state index contributed by atoms with van der Waals surface area (Å²) >= 11 is 1.17. The lowest BCUT2D eigenvalue weighted by Gasteiger charge is -2.15. The van der Waals surface area contributed by atoms with E-state index in [4.69, 9.17) is 5.73 Å². The molecule has 0 radical (unpaired) electrons.